The SMILES string of the molecule is Cc1ccc(C(CCC2CCCCC2)NN)cc1F. The number of nitrogens with two attached hydrogens (primary N) is 1. The van der Waals surface area contributed by atoms with Gasteiger partial charge in [-0.15, -0.1) is 0 Å². The molecule has 1 atom stereocenters. The van der Waals surface area contributed by atoms with Gasteiger partial charge in [-0.3, -0.25) is 11.3 Å². The summed E-state index contributed by atoms with van der Waals surface area (Å²) in [6.07, 6.45) is 8.99. The topological polar surface area (TPSA) is 38.0 Å². The highest BCUT2D eigenvalue weighted by Crippen LogP contribution is 2.30. The van der Waals surface area contributed by atoms with Crippen LogP contribution >= 0.6 is 0 Å². The molecule has 0 bridgehead atoms. The van der Waals surface area contributed by atoms with Crippen molar-refractivity contribution in [3.8, 4) is 0 Å². The van der Waals surface area contributed by atoms with E-state index in [1.807, 2.05) is 12.1 Å². The third kappa shape index (κ3) is 4.02. The maximum atomic E-state index is 13.6. The van der Waals surface area contributed by atoms with Gasteiger partial charge in [-0.05, 0) is 42.9 Å². The van der Waals surface area contributed by atoms with Crippen molar-refractivity contribution in [2.75, 3.05) is 0 Å². The smallest absolute Gasteiger partial charge is 0.126 e. The minimum atomic E-state index is -0.143. The van der Waals surface area contributed by atoms with Gasteiger partial charge in [0.25, 0.3) is 0 Å². The molecule has 1 aromatic carbocycles. The molecule has 1 unspecified atom stereocenters. The molecule has 3 N–H and O–H groups in total. The highest BCUT2D eigenvalue weighted by atomic mass is 19.1. The molecular weight excluding hydrogens is 239 g/mol. The van der Waals surface area contributed by atoms with E-state index in [2.05, 4.69) is 5.43 Å². The van der Waals surface area contributed by atoms with E-state index < -0.39 is 0 Å². The zero-order valence-electron chi connectivity index (χ0n) is 11.8. The number of nitrogens with one attached hydrogen (secondary N) is 1. The first kappa shape index (κ1) is 14.5. The molecule has 3 heteroatoms. The number of rotatable bonds is 5. The molecular formula is C16H25FN2. The van der Waals surface area contributed by atoms with E-state index in [1.165, 1.54) is 38.5 Å². The van der Waals surface area contributed by atoms with Crippen molar-refractivity contribution in [1.82, 2.24) is 5.43 Å². The highest BCUT2D eigenvalue weighted by molar-refractivity contribution is 5.25. The Kier molecular flexibility index (Phi) is 5.34. The second-order valence-electron chi connectivity index (χ2n) is 5.81. The van der Waals surface area contributed by atoms with Crippen LogP contribution in [0.3, 0.4) is 0 Å². The molecule has 0 saturated heterocycles. The van der Waals surface area contributed by atoms with Gasteiger partial charge in [0.15, 0.2) is 0 Å². The number of aryl methyl sites for hydroxylation is 1. The van der Waals surface area contributed by atoms with Crippen molar-refractivity contribution in [2.24, 2.45) is 11.8 Å². The van der Waals surface area contributed by atoms with Gasteiger partial charge >= 0.3 is 0 Å². The van der Waals surface area contributed by atoms with Crippen LogP contribution in [0, 0.1) is 18.7 Å². The normalized spacial score (nSPS) is 18.5. The van der Waals surface area contributed by atoms with Crippen LogP contribution in [0.15, 0.2) is 18.2 Å². The molecule has 2 rings (SSSR count). The van der Waals surface area contributed by atoms with Crippen LogP contribution in [0.4, 0.5) is 4.39 Å². The largest absolute Gasteiger partial charge is 0.271 e. The predicted molar refractivity (Wildman–Crippen MR) is 77.0 cm³/mol. The molecule has 0 spiro atoms. The van der Waals surface area contributed by atoms with Gasteiger partial charge in [-0.25, -0.2) is 4.39 Å². The summed E-state index contributed by atoms with van der Waals surface area (Å²) in [6.45, 7) is 1.78. The van der Waals surface area contributed by atoms with Crippen molar-refractivity contribution < 1.29 is 4.39 Å². The van der Waals surface area contributed by atoms with Crippen LogP contribution in [0.2, 0.25) is 0 Å². The molecule has 1 aliphatic rings. The second kappa shape index (κ2) is 7.01. The van der Waals surface area contributed by atoms with Gasteiger partial charge < -0.3 is 0 Å². The monoisotopic (exact) mass is 264 g/mol. The third-order valence-electron chi connectivity index (χ3n) is 4.39. The summed E-state index contributed by atoms with van der Waals surface area (Å²) < 4.78 is 13.6. The van der Waals surface area contributed by atoms with Gasteiger partial charge in [0.2, 0.25) is 0 Å². The van der Waals surface area contributed by atoms with E-state index >= 15 is 0 Å². The quantitative estimate of drug-likeness (QED) is 0.623. The lowest BCUT2D eigenvalue weighted by Crippen LogP contribution is -2.28. The summed E-state index contributed by atoms with van der Waals surface area (Å²) in [5.41, 5.74) is 4.48. The third-order valence-corrected chi connectivity index (χ3v) is 4.39. The van der Waals surface area contributed by atoms with Gasteiger partial charge in [-0.2, -0.15) is 0 Å². The van der Waals surface area contributed by atoms with E-state index in [1.54, 1.807) is 13.0 Å². The molecule has 0 heterocycles. The molecule has 1 aliphatic carbocycles. The molecule has 1 aromatic rings. The first-order valence-corrected chi connectivity index (χ1v) is 7.43. The molecule has 2 nitrogen and oxygen atoms in total. The van der Waals surface area contributed by atoms with Crippen molar-refractivity contribution in [3.63, 3.8) is 0 Å². The summed E-state index contributed by atoms with van der Waals surface area (Å²) >= 11 is 0. The zero-order valence-corrected chi connectivity index (χ0v) is 11.8. The van der Waals surface area contributed by atoms with Gasteiger partial charge in [0.05, 0.1) is 0 Å². The molecule has 1 saturated carbocycles. The molecule has 106 valence electrons. The zero-order chi connectivity index (χ0) is 13.7. The van der Waals surface area contributed by atoms with Crippen LogP contribution in [-0.2, 0) is 0 Å². The van der Waals surface area contributed by atoms with Crippen LogP contribution in [-0.4, -0.2) is 0 Å². The van der Waals surface area contributed by atoms with Gasteiger partial charge in [0.1, 0.15) is 5.82 Å². The second-order valence-corrected chi connectivity index (χ2v) is 5.81. The van der Waals surface area contributed by atoms with Gasteiger partial charge in [-0.1, -0.05) is 44.2 Å². The standard InChI is InChI=1S/C16H25FN2/c1-12-7-9-14(11-15(12)17)16(19-18)10-8-13-5-3-2-4-6-13/h7,9,11,13,16,19H,2-6,8,10,18H2,1H3. The molecule has 19 heavy (non-hydrogen) atoms. The lowest BCUT2D eigenvalue weighted by Gasteiger charge is -2.24. The Bertz CT molecular complexity index is 400. The fraction of sp³-hybridized carbons (Fsp3) is 0.625. The summed E-state index contributed by atoms with van der Waals surface area (Å²) in [4.78, 5) is 0. The van der Waals surface area contributed by atoms with Crippen molar-refractivity contribution in [1.29, 1.82) is 0 Å². The lowest BCUT2D eigenvalue weighted by atomic mass is 9.84. The van der Waals surface area contributed by atoms with E-state index in [0.717, 1.165) is 17.9 Å². The van der Waals surface area contributed by atoms with Crippen LogP contribution in [0.25, 0.3) is 0 Å². The molecule has 1 fully saturated rings. The molecule has 0 radical (unpaired) electrons. The Balaban J connectivity index is 1.93. The van der Waals surface area contributed by atoms with E-state index in [4.69, 9.17) is 5.84 Å². The average molecular weight is 264 g/mol. The predicted octanol–water partition coefficient (Wildman–Crippen LogP) is 4.00. The van der Waals surface area contributed by atoms with Crippen molar-refractivity contribution in [3.05, 3.63) is 35.1 Å². The molecule has 0 aliphatic heterocycles. The Morgan fingerprint density at radius 1 is 1.32 bits per heavy atom. The van der Waals surface area contributed by atoms with Crippen molar-refractivity contribution >= 4 is 0 Å². The first-order chi connectivity index (χ1) is 9.20. The summed E-state index contributed by atoms with van der Waals surface area (Å²) in [5, 5.41) is 0. The number of benzene rings is 1. The number of hydrazine groups is 1. The molecule has 0 amide bonds. The Morgan fingerprint density at radius 3 is 2.68 bits per heavy atom. The summed E-state index contributed by atoms with van der Waals surface area (Å²) in [5.74, 6) is 6.33. The van der Waals surface area contributed by atoms with Crippen molar-refractivity contribution in [2.45, 2.75) is 57.9 Å². The highest BCUT2D eigenvalue weighted by Gasteiger charge is 2.17. The minimum absolute atomic E-state index is 0.0667. The summed E-state index contributed by atoms with van der Waals surface area (Å²) in [6, 6.07) is 5.48. The number of hydrogen-bond donors (Lipinski definition) is 2. The maximum absolute atomic E-state index is 13.6. The minimum Gasteiger partial charge on any atom is -0.271 e. The van der Waals surface area contributed by atoms with Gasteiger partial charge in [0, 0.05) is 6.04 Å². The lowest BCUT2D eigenvalue weighted by molar-refractivity contribution is 0.315. The first-order valence-electron chi connectivity index (χ1n) is 7.43. The number of halogens is 1. The Morgan fingerprint density at radius 2 is 2.05 bits per heavy atom. The fourth-order valence-electron chi connectivity index (χ4n) is 3.05. The Labute approximate surface area is 115 Å². The van der Waals surface area contributed by atoms with E-state index in [9.17, 15) is 4.39 Å². The fourth-order valence-corrected chi connectivity index (χ4v) is 3.05. The van der Waals surface area contributed by atoms with E-state index in [0.29, 0.717) is 5.56 Å². The van der Waals surface area contributed by atoms with Crippen LogP contribution in [0.1, 0.15) is 62.1 Å². The number of hydrogen-bond acceptors (Lipinski definition) is 2. The van der Waals surface area contributed by atoms with Crippen LogP contribution < -0.4 is 11.3 Å². The molecule has 0 aromatic heterocycles. The Hall–Kier alpha value is -0.930. The average Bonchev–Trinajstić information content (AvgIpc) is 2.44. The summed E-state index contributed by atoms with van der Waals surface area (Å²) in [7, 11) is 0. The van der Waals surface area contributed by atoms with Crippen LogP contribution in [0.5, 0.6) is 0 Å². The van der Waals surface area contributed by atoms with E-state index in [-0.39, 0.29) is 11.9 Å². The maximum Gasteiger partial charge on any atom is 0.126 e.